The highest BCUT2D eigenvalue weighted by Crippen LogP contribution is 2.13. The number of carbonyl (C=O) groups is 1. The van der Waals surface area contributed by atoms with Gasteiger partial charge < -0.3 is 9.88 Å². The van der Waals surface area contributed by atoms with E-state index in [-0.39, 0.29) is 17.2 Å². The Balaban J connectivity index is 1.37. The molecule has 0 unspecified atom stereocenters. The molecule has 1 amide bonds. The van der Waals surface area contributed by atoms with Crippen molar-refractivity contribution in [3.05, 3.63) is 27.2 Å². The van der Waals surface area contributed by atoms with Crippen LogP contribution in [0.25, 0.3) is 11.2 Å². The van der Waals surface area contributed by atoms with Crippen molar-refractivity contribution >= 4 is 17.1 Å². The smallest absolute Gasteiger partial charge is 0.332 e. The molecule has 0 aliphatic rings. The van der Waals surface area contributed by atoms with E-state index < -0.39 is 0 Å². The van der Waals surface area contributed by atoms with Gasteiger partial charge in [-0.3, -0.25) is 18.7 Å². The third kappa shape index (κ3) is 12.4. The second kappa shape index (κ2) is 20.5. The second-order valence-electron chi connectivity index (χ2n) is 11.6. The summed E-state index contributed by atoms with van der Waals surface area (Å²) >= 11 is 0. The van der Waals surface area contributed by atoms with Crippen molar-refractivity contribution in [3.8, 4) is 0 Å². The second-order valence-corrected chi connectivity index (χ2v) is 11.6. The van der Waals surface area contributed by atoms with E-state index in [1.807, 2.05) is 0 Å². The standard InChI is InChI=1S/C32H57N5O3/c1-4-5-6-7-8-9-10-12-15-18-21-24-28(38)33-25-22-19-16-13-11-14-17-20-23-26-37-31(39)29-30(34-27-35(29)2)36(3)32(37)40/h27H,4-26H2,1-3H3,(H,33,38). The SMILES string of the molecule is CCCCCCCCCCCCCC(=O)NCCCCCCCCCCCn1c(=O)c2c(ncn2C)n(C)c1=O. The van der Waals surface area contributed by atoms with Gasteiger partial charge in [0.25, 0.3) is 5.56 Å². The van der Waals surface area contributed by atoms with Gasteiger partial charge in [0, 0.05) is 33.6 Å². The van der Waals surface area contributed by atoms with Crippen molar-refractivity contribution in [2.45, 2.75) is 148 Å². The van der Waals surface area contributed by atoms with Gasteiger partial charge in [-0.05, 0) is 19.3 Å². The van der Waals surface area contributed by atoms with Crippen LogP contribution in [0, 0.1) is 0 Å². The average molecular weight is 560 g/mol. The fourth-order valence-corrected chi connectivity index (χ4v) is 5.49. The Morgan fingerprint density at radius 1 is 0.725 bits per heavy atom. The van der Waals surface area contributed by atoms with E-state index in [2.05, 4.69) is 17.2 Å². The predicted octanol–water partition coefficient (Wildman–Crippen LogP) is 6.76. The highest BCUT2D eigenvalue weighted by atomic mass is 16.2. The maximum Gasteiger partial charge on any atom is 0.332 e. The molecule has 2 rings (SSSR count). The van der Waals surface area contributed by atoms with Crippen LogP contribution < -0.4 is 16.6 Å². The van der Waals surface area contributed by atoms with Crippen molar-refractivity contribution in [2.24, 2.45) is 14.1 Å². The molecule has 0 radical (unpaired) electrons. The minimum atomic E-state index is -0.290. The number of hydrogen-bond acceptors (Lipinski definition) is 4. The van der Waals surface area contributed by atoms with Crippen LogP contribution in [0.3, 0.4) is 0 Å². The van der Waals surface area contributed by atoms with Gasteiger partial charge in [-0.2, -0.15) is 0 Å². The molecule has 0 aliphatic carbocycles. The highest BCUT2D eigenvalue weighted by Gasteiger charge is 2.14. The van der Waals surface area contributed by atoms with Crippen LogP contribution >= 0.6 is 0 Å². The van der Waals surface area contributed by atoms with Gasteiger partial charge >= 0.3 is 5.69 Å². The van der Waals surface area contributed by atoms with Crippen molar-refractivity contribution in [3.63, 3.8) is 0 Å². The molecule has 0 aromatic carbocycles. The molecule has 1 N–H and O–H groups in total. The molecule has 2 aromatic rings. The van der Waals surface area contributed by atoms with Gasteiger partial charge in [0.1, 0.15) is 0 Å². The summed E-state index contributed by atoms with van der Waals surface area (Å²) in [4.78, 5) is 41.5. The maximum absolute atomic E-state index is 12.7. The molecule has 8 heteroatoms. The Labute approximate surface area is 241 Å². The molecule has 0 spiro atoms. The van der Waals surface area contributed by atoms with Gasteiger partial charge in [-0.25, -0.2) is 9.78 Å². The number of rotatable bonds is 24. The number of carbonyl (C=O) groups excluding carboxylic acids is 1. The van der Waals surface area contributed by atoms with E-state index in [1.165, 1.54) is 105 Å². The van der Waals surface area contributed by atoms with Crippen LogP contribution in [-0.4, -0.2) is 31.1 Å². The Kier molecular flexibility index (Phi) is 17.3. The van der Waals surface area contributed by atoms with Crippen LogP contribution in [0.15, 0.2) is 15.9 Å². The van der Waals surface area contributed by atoms with Gasteiger partial charge in [0.15, 0.2) is 11.2 Å². The number of fused-ring (bicyclic) bond motifs is 1. The Morgan fingerprint density at radius 3 is 1.80 bits per heavy atom. The van der Waals surface area contributed by atoms with Gasteiger partial charge in [0.2, 0.25) is 5.91 Å². The number of imidazole rings is 1. The lowest BCUT2D eigenvalue weighted by Gasteiger charge is -2.08. The van der Waals surface area contributed by atoms with Crippen LogP contribution in [0.2, 0.25) is 0 Å². The summed E-state index contributed by atoms with van der Waals surface area (Å²) in [5, 5.41) is 3.09. The zero-order valence-corrected chi connectivity index (χ0v) is 25.9. The van der Waals surface area contributed by atoms with Crippen molar-refractivity contribution in [2.75, 3.05) is 6.54 Å². The molecule has 2 aromatic heterocycles. The third-order valence-electron chi connectivity index (χ3n) is 8.09. The summed E-state index contributed by atoms with van der Waals surface area (Å²) < 4.78 is 4.49. The Hall–Kier alpha value is -2.38. The third-order valence-corrected chi connectivity index (χ3v) is 8.09. The first-order chi connectivity index (χ1) is 19.5. The largest absolute Gasteiger partial charge is 0.356 e. The van der Waals surface area contributed by atoms with E-state index in [4.69, 9.17) is 0 Å². The zero-order chi connectivity index (χ0) is 29.0. The van der Waals surface area contributed by atoms with E-state index in [9.17, 15) is 14.4 Å². The van der Waals surface area contributed by atoms with Crippen molar-refractivity contribution in [1.29, 1.82) is 0 Å². The van der Waals surface area contributed by atoms with Crippen LogP contribution in [0.5, 0.6) is 0 Å². The number of nitrogens with zero attached hydrogens (tertiary/aromatic N) is 4. The molecule has 0 saturated heterocycles. The van der Waals surface area contributed by atoms with Crippen LogP contribution in [0.1, 0.15) is 142 Å². The van der Waals surface area contributed by atoms with Gasteiger partial charge in [-0.1, -0.05) is 116 Å². The van der Waals surface area contributed by atoms with E-state index >= 15 is 0 Å². The number of amides is 1. The molecule has 0 saturated carbocycles. The average Bonchev–Trinajstić information content (AvgIpc) is 3.34. The van der Waals surface area contributed by atoms with Crippen molar-refractivity contribution in [1.82, 2.24) is 24.0 Å². The Morgan fingerprint density at radius 2 is 1.23 bits per heavy atom. The Bertz CT molecular complexity index is 1080. The summed E-state index contributed by atoms with van der Waals surface area (Å²) in [6.45, 7) is 3.53. The molecule has 40 heavy (non-hydrogen) atoms. The molecule has 0 fully saturated rings. The lowest BCUT2D eigenvalue weighted by atomic mass is 10.1. The highest BCUT2D eigenvalue weighted by molar-refractivity contribution is 5.75. The quantitative estimate of drug-likeness (QED) is 0.144. The molecule has 0 aliphatic heterocycles. The number of hydrogen-bond donors (Lipinski definition) is 1. The normalized spacial score (nSPS) is 11.5. The van der Waals surface area contributed by atoms with Gasteiger partial charge in [0.05, 0.1) is 6.33 Å². The fourth-order valence-electron chi connectivity index (χ4n) is 5.49. The molecule has 228 valence electrons. The molecule has 2 heterocycles. The predicted molar refractivity (Wildman–Crippen MR) is 166 cm³/mol. The zero-order valence-electron chi connectivity index (χ0n) is 25.9. The number of nitrogens with one attached hydrogen (secondary N) is 1. The molecule has 8 nitrogen and oxygen atoms in total. The number of aryl methyl sites for hydroxylation is 2. The maximum atomic E-state index is 12.7. The fraction of sp³-hybridized carbons (Fsp3) is 0.812. The molecule has 0 atom stereocenters. The molecule has 0 bridgehead atoms. The van der Waals surface area contributed by atoms with E-state index in [0.717, 1.165) is 38.6 Å². The number of unbranched alkanes of at least 4 members (excludes halogenated alkanes) is 18. The van der Waals surface area contributed by atoms with E-state index in [0.29, 0.717) is 24.1 Å². The van der Waals surface area contributed by atoms with E-state index in [1.54, 1.807) is 25.0 Å². The molecular formula is C32H57N5O3. The first-order valence-corrected chi connectivity index (χ1v) is 16.3. The molecular weight excluding hydrogens is 502 g/mol. The number of aromatic nitrogens is 4. The summed E-state index contributed by atoms with van der Waals surface area (Å²) in [7, 11) is 3.45. The minimum absolute atomic E-state index is 0.219. The summed E-state index contributed by atoms with van der Waals surface area (Å²) in [6.07, 6.45) is 26.7. The monoisotopic (exact) mass is 559 g/mol. The summed E-state index contributed by atoms with van der Waals surface area (Å²) in [5.41, 5.74) is 0.381. The van der Waals surface area contributed by atoms with Gasteiger partial charge in [-0.15, -0.1) is 0 Å². The lowest BCUT2D eigenvalue weighted by Crippen LogP contribution is -2.39. The summed E-state index contributed by atoms with van der Waals surface area (Å²) in [6, 6.07) is 0. The first kappa shape index (κ1) is 33.8. The summed E-state index contributed by atoms with van der Waals surface area (Å²) in [5.74, 6) is 0.219. The topological polar surface area (TPSA) is 90.9 Å². The van der Waals surface area contributed by atoms with Crippen LogP contribution in [0.4, 0.5) is 0 Å². The van der Waals surface area contributed by atoms with Crippen LogP contribution in [-0.2, 0) is 25.4 Å². The van der Waals surface area contributed by atoms with Crippen molar-refractivity contribution < 1.29 is 4.79 Å². The lowest BCUT2D eigenvalue weighted by molar-refractivity contribution is -0.121. The first-order valence-electron chi connectivity index (χ1n) is 16.3. The minimum Gasteiger partial charge on any atom is -0.356 e.